The van der Waals surface area contributed by atoms with Gasteiger partial charge < -0.3 is 5.32 Å². The Kier molecular flexibility index (Phi) is 3.80. The minimum absolute atomic E-state index is 0.130. The first kappa shape index (κ1) is 14.2. The summed E-state index contributed by atoms with van der Waals surface area (Å²) in [6.45, 7) is 1.46. The molecule has 0 atom stereocenters. The summed E-state index contributed by atoms with van der Waals surface area (Å²) < 4.78 is 0.885. The van der Waals surface area contributed by atoms with Crippen molar-refractivity contribution >= 4 is 44.2 Å². The average molecular weight is 312 g/mol. The lowest BCUT2D eigenvalue weighted by molar-refractivity contribution is -0.114. The number of nitrogens with one attached hydrogen (secondary N) is 2. The van der Waals surface area contributed by atoms with E-state index in [1.54, 1.807) is 36.7 Å². The number of hydrogen-bond donors (Lipinski definition) is 2. The van der Waals surface area contributed by atoms with Gasteiger partial charge in [0.15, 0.2) is 5.13 Å². The highest BCUT2D eigenvalue weighted by molar-refractivity contribution is 7.22. The molecule has 7 heteroatoms. The molecule has 110 valence electrons. The molecule has 1 aromatic carbocycles. The van der Waals surface area contributed by atoms with Crippen LogP contribution in [0, 0.1) is 0 Å². The van der Waals surface area contributed by atoms with Crippen LogP contribution in [0.1, 0.15) is 17.3 Å². The van der Waals surface area contributed by atoms with E-state index in [9.17, 15) is 9.59 Å². The molecule has 2 heterocycles. The molecule has 0 aliphatic heterocycles. The number of carbonyl (C=O) groups excluding carboxylic acids is 2. The van der Waals surface area contributed by atoms with Gasteiger partial charge in [-0.1, -0.05) is 11.3 Å². The molecule has 0 fully saturated rings. The first-order valence-electron chi connectivity index (χ1n) is 6.51. The van der Waals surface area contributed by atoms with Gasteiger partial charge in [-0.25, -0.2) is 4.98 Å². The van der Waals surface area contributed by atoms with E-state index in [1.807, 2.05) is 6.07 Å². The fourth-order valence-electron chi connectivity index (χ4n) is 1.93. The molecule has 0 bridgehead atoms. The van der Waals surface area contributed by atoms with Crippen molar-refractivity contribution in [1.29, 1.82) is 0 Å². The molecule has 3 rings (SSSR count). The molecule has 0 unspecified atom stereocenters. The van der Waals surface area contributed by atoms with Gasteiger partial charge in [0, 0.05) is 30.6 Å². The second kappa shape index (κ2) is 5.90. The number of fused-ring (bicyclic) bond motifs is 1. The Balaban J connectivity index is 1.83. The maximum Gasteiger partial charge on any atom is 0.257 e. The maximum absolute atomic E-state index is 12.1. The van der Waals surface area contributed by atoms with Gasteiger partial charge in [-0.15, -0.1) is 0 Å². The van der Waals surface area contributed by atoms with Gasteiger partial charge in [-0.3, -0.25) is 19.9 Å². The van der Waals surface area contributed by atoms with Crippen molar-refractivity contribution in [3.05, 3.63) is 48.3 Å². The quantitative estimate of drug-likeness (QED) is 0.779. The van der Waals surface area contributed by atoms with Gasteiger partial charge >= 0.3 is 0 Å². The average Bonchev–Trinajstić information content (AvgIpc) is 2.89. The predicted molar refractivity (Wildman–Crippen MR) is 86.1 cm³/mol. The second-order valence-corrected chi connectivity index (χ2v) is 5.60. The van der Waals surface area contributed by atoms with Gasteiger partial charge in [-0.05, 0) is 30.3 Å². The first-order chi connectivity index (χ1) is 10.6. The lowest BCUT2D eigenvalue weighted by Gasteiger charge is -2.00. The number of hydrogen-bond acceptors (Lipinski definition) is 5. The van der Waals surface area contributed by atoms with E-state index in [4.69, 9.17) is 0 Å². The van der Waals surface area contributed by atoms with E-state index in [0.29, 0.717) is 16.4 Å². The van der Waals surface area contributed by atoms with Crippen LogP contribution in [0.25, 0.3) is 10.2 Å². The summed E-state index contributed by atoms with van der Waals surface area (Å²) >= 11 is 1.35. The van der Waals surface area contributed by atoms with E-state index < -0.39 is 0 Å². The number of thiazole rings is 1. The fraction of sp³-hybridized carbons (Fsp3) is 0.0667. The third-order valence-electron chi connectivity index (χ3n) is 2.87. The Morgan fingerprint density at radius 2 is 1.86 bits per heavy atom. The zero-order chi connectivity index (χ0) is 15.5. The summed E-state index contributed by atoms with van der Waals surface area (Å²) in [4.78, 5) is 31.4. The van der Waals surface area contributed by atoms with Crippen LogP contribution in [0.15, 0.2) is 42.7 Å². The van der Waals surface area contributed by atoms with E-state index >= 15 is 0 Å². The maximum atomic E-state index is 12.1. The lowest BCUT2D eigenvalue weighted by atomic mass is 10.2. The van der Waals surface area contributed by atoms with Crippen molar-refractivity contribution in [2.75, 3.05) is 10.6 Å². The van der Waals surface area contributed by atoms with Crippen LogP contribution < -0.4 is 10.6 Å². The molecule has 2 aromatic heterocycles. The molecule has 2 N–H and O–H groups in total. The molecule has 0 saturated heterocycles. The summed E-state index contributed by atoms with van der Waals surface area (Å²) in [6.07, 6.45) is 3.12. The number of benzene rings is 1. The normalized spacial score (nSPS) is 10.4. The highest BCUT2D eigenvalue weighted by Crippen LogP contribution is 2.28. The molecule has 0 aliphatic carbocycles. The molecule has 3 aromatic rings. The summed E-state index contributed by atoms with van der Waals surface area (Å²) in [6, 6.07) is 8.68. The van der Waals surface area contributed by atoms with Crippen molar-refractivity contribution in [3.63, 3.8) is 0 Å². The highest BCUT2D eigenvalue weighted by atomic mass is 32.1. The smallest absolute Gasteiger partial charge is 0.257 e. The van der Waals surface area contributed by atoms with E-state index in [-0.39, 0.29) is 11.8 Å². The largest absolute Gasteiger partial charge is 0.326 e. The van der Waals surface area contributed by atoms with E-state index in [0.717, 1.165) is 10.2 Å². The Labute approximate surface area is 130 Å². The number of nitrogens with zero attached hydrogens (tertiary/aromatic N) is 2. The second-order valence-electron chi connectivity index (χ2n) is 4.57. The van der Waals surface area contributed by atoms with Crippen LogP contribution in [0.2, 0.25) is 0 Å². The van der Waals surface area contributed by atoms with E-state index in [2.05, 4.69) is 20.6 Å². The lowest BCUT2D eigenvalue weighted by Crippen LogP contribution is -2.11. The number of pyridine rings is 1. The third kappa shape index (κ3) is 3.09. The topological polar surface area (TPSA) is 84.0 Å². The fourth-order valence-corrected chi connectivity index (χ4v) is 2.83. The Morgan fingerprint density at radius 3 is 2.59 bits per heavy atom. The van der Waals surface area contributed by atoms with Crippen molar-refractivity contribution in [2.24, 2.45) is 0 Å². The molecule has 0 saturated carbocycles. The monoisotopic (exact) mass is 312 g/mol. The molecule has 0 aliphatic rings. The number of rotatable bonds is 3. The predicted octanol–water partition coefficient (Wildman–Crippen LogP) is 2.90. The number of amides is 2. The summed E-state index contributed by atoms with van der Waals surface area (Å²) in [5, 5.41) is 5.99. The molecular weight excluding hydrogens is 300 g/mol. The van der Waals surface area contributed by atoms with E-state index in [1.165, 1.54) is 18.3 Å². The summed E-state index contributed by atoms with van der Waals surface area (Å²) in [7, 11) is 0. The SMILES string of the molecule is CC(=O)Nc1ccc2nc(NC(=O)c3ccncc3)sc2c1. The Hall–Kier alpha value is -2.80. The standard InChI is InChI=1S/C15H12N4O2S/c1-9(20)17-11-2-3-12-13(8-11)22-15(18-12)19-14(21)10-4-6-16-7-5-10/h2-8H,1H3,(H,17,20)(H,18,19,21). The van der Waals surface area contributed by atoms with Crippen LogP contribution in [-0.4, -0.2) is 21.8 Å². The van der Waals surface area contributed by atoms with Crippen molar-refractivity contribution in [2.45, 2.75) is 6.92 Å². The minimum Gasteiger partial charge on any atom is -0.326 e. The Bertz CT molecular complexity index is 845. The summed E-state index contributed by atoms with van der Waals surface area (Å²) in [5.74, 6) is -0.362. The highest BCUT2D eigenvalue weighted by Gasteiger charge is 2.10. The molecule has 0 spiro atoms. The number of anilines is 2. The zero-order valence-corrected chi connectivity index (χ0v) is 12.5. The molecular formula is C15H12N4O2S. The number of aromatic nitrogens is 2. The van der Waals surface area contributed by atoms with Crippen molar-refractivity contribution < 1.29 is 9.59 Å². The van der Waals surface area contributed by atoms with Crippen LogP contribution in [-0.2, 0) is 4.79 Å². The third-order valence-corrected chi connectivity index (χ3v) is 3.81. The van der Waals surface area contributed by atoms with Crippen LogP contribution in [0.3, 0.4) is 0 Å². The van der Waals surface area contributed by atoms with Crippen LogP contribution in [0.5, 0.6) is 0 Å². The Morgan fingerprint density at radius 1 is 1.09 bits per heavy atom. The minimum atomic E-state index is -0.233. The first-order valence-corrected chi connectivity index (χ1v) is 7.33. The zero-order valence-electron chi connectivity index (χ0n) is 11.7. The molecule has 2 amide bonds. The van der Waals surface area contributed by atoms with Crippen LogP contribution >= 0.6 is 11.3 Å². The van der Waals surface area contributed by atoms with Gasteiger partial charge in [0.2, 0.25) is 5.91 Å². The summed E-state index contributed by atoms with van der Waals surface area (Å²) in [5.41, 5.74) is 1.99. The van der Waals surface area contributed by atoms with Gasteiger partial charge in [-0.2, -0.15) is 0 Å². The van der Waals surface area contributed by atoms with Crippen molar-refractivity contribution in [1.82, 2.24) is 9.97 Å². The van der Waals surface area contributed by atoms with Gasteiger partial charge in [0.05, 0.1) is 10.2 Å². The molecule has 22 heavy (non-hydrogen) atoms. The molecule has 6 nitrogen and oxygen atoms in total. The molecule has 0 radical (unpaired) electrons. The van der Waals surface area contributed by atoms with Crippen molar-refractivity contribution in [3.8, 4) is 0 Å². The van der Waals surface area contributed by atoms with Crippen LogP contribution in [0.4, 0.5) is 10.8 Å². The number of carbonyl (C=O) groups is 2. The van der Waals surface area contributed by atoms with Gasteiger partial charge in [0.1, 0.15) is 0 Å². The van der Waals surface area contributed by atoms with Gasteiger partial charge in [0.25, 0.3) is 5.91 Å².